The van der Waals surface area contributed by atoms with E-state index < -0.39 is 0 Å². The number of piperazine rings is 1. The summed E-state index contributed by atoms with van der Waals surface area (Å²) in [5.41, 5.74) is 2.15. The molecule has 2 atom stereocenters. The predicted molar refractivity (Wildman–Crippen MR) is 139 cm³/mol. The van der Waals surface area contributed by atoms with Crippen LogP contribution in [-0.2, 0) is 4.79 Å². The number of nitrogens with zero attached hydrogens (tertiary/aromatic N) is 3. The number of carbonyl (C=O) groups is 1. The summed E-state index contributed by atoms with van der Waals surface area (Å²) in [5.74, 6) is 3.30. The maximum atomic E-state index is 12.3. The van der Waals surface area contributed by atoms with Gasteiger partial charge in [0.1, 0.15) is 5.82 Å². The molecule has 35 heavy (non-hydrogen) atoms. The zero-order valence-corrected chi connectivity index (χ0v) is 20.3. The van der Waals surface area contributed by atoms with E-state index in [4.69, 9.17) is 13.8 Å². The van der Waals surface area contributed by atoms with Crippen molar-refractivity contribution in [1.82, 2.24) is 14.6 Å². The van der Waals surface area contributed by atoms with E-state index in [2.05, 4.69) is 46.0 Å². The highest BCUT2D eigenvalue weighted by Crippen LogP contribution is 2.44. The highest BCUT2D eigenvalue weighted by Gasteiger charge is 2.43. The third-order valence-corrected chi connectivity index (χ3v) is 7.95. The standard InChI is InChI=1S/C27H28N4O3S/c1-18-21(15-28-26(32)9-7-19-6-8-23-24(14-19)34-17-33-23)22(18)16-30-10-12-31(13-11-30)27-20-4-2-3-5-25(20)35-29-27/h2-9,14,21-22H,1,10-13,15-17H2,(H,28,32)/b9-7+/t21-,22-/m0/s1. The van der Waals surface area contributed by atoms with Crippen LogP contribution in [-0.4, -0.2) is 61.2 Å². The molecule has 0 bridgehead atoms. The molecule has 1 saturated carbocycles. The Bertz CT molecular complexity index is 1290. The Morgan fingerprint density at radius 2 is 1.94 bits per heavy atom. The van der Waals surface area contributed by atoms with Gasteiger partial charge in [-0.3, -0.25) is 9.69 Å². The van der Waals surface area contributed by atoms with E-state index in [1.54, 1.807) is 23.7 Å². The van der Waals surface area contributed by atoms with Gasteiger partial charge in [0.15, 0.2) is 11.5 Å². The molecule has 1 aromatic heterocycles. The van der Waals surface area contributed by atoms with Crippen LogP contribution in [0, 0.1) is 11.8 Å². The van der Waals surface area contributed by atoms with Crippen molar-refractivity contribution in [2.75, 3.05) is 51.0 Å². The van der Waals surface area contributed by atoms with Gasteiger partial charge >= 0.3 is 0 Å². The van der Waals surface area contributed by atoms with Gasteiger partial charge in [-0.25, -0.2) is 0 Å². The normalized spacial score (nSPS) is 21.7. The van der Waals surface area contributed by atoms with E-state index in [1.807, 2.05) is 18.2 Å². The molecule has 2 fully saturated rings. The number of carbonyl (C=O) groups excluding carboxylic acids is 1. The third kappa shape index (κ3) is 4.63. The molecule has 7 nitrogen and oxygen atoms in total. The Labute approximate surface area is 208 Å². The lowest BCUT2D eigenvalue weighted by molar-refractivity contribution is -0.116. The molecular weight excluding hydrogens is 460 g/mol. The fourth-order valence-electron chi connectivity index (χ4n) is 4.94. The Kier molecular flexibility index (Phi) is 5.91. The van der Waals surface area contributed by atoms with Crippen molar-refractivity contribution in [3.05, 3.63) is 66.3 Å². The minimum absolute atomic E-state index is 0.0924. The minimum Gasteiger partial charge on any atom is -0.454 e. The summed E-state index contributed by atoms with van der Waals surface area (Å²) in [7, 11) is 0. The molecule has 1 aliphatic carbocycles. The molecule has 3 aliphatic rings. The second-order valence-corrected chi connectivity index (χ2v) is 10.1. The Balaban J connectivity index is 0.952. The SMILES string of the molecule is C=C1[C@H](CNC(=O)/C=C/c2ccc3c(c2)OCO3)[C@H]1CN1CCN(c2nsc3ccccc23)CC1. The van der Waals surface area contributed by atoms with Crippen LogP contribution in [0.15, 0.2) is 60.7 Å². The molecule has 0 spiro atoms. The summed E-state index contributed by atoms with van der Waals surface area (Å²) < 4.78 is 16.7. The van der Waals surface area contributed by atoms with Crippen molar-refractivity contribution in [1.29, 1.82) is 0 Å². The number of hydrogen-bond donors (Lipinski definition) is 1. The number of rotatable bonds is 7. The monoisotopic (exact) mass is 488 g/mol. The van der Waals surface area contributed by atoms with Crippen LogP contribution in [0.5, 0.6) is 11.5 Å². The molecule has 3 heterocycles. The molecule has 2 aromatic carbocycles. The lowest BCUT2D eigenvalue weighted by Crippen LogP contribution is -2.47. The molecule has 3 aromatic rings. The number of aromatic nitrogens is 1. The van der Waals surface area contributed by atoms with E-state index in [9.17, 15) is 4.79 Å². The van der Waals surface area contributed by atoms with Gasteiger partial charge in [0.25, 0.3) is 0 Å². The molecule has 0 radical (unpaired) electrons. The Morgan fingerprint density at radius 1 is 1.11 bits per heavy atom. The van der Waals surface area contributed by atoms with Crippen molar-refractivity contribution in [2.45, 2.75) is 0 Å². The lowest BCUT2D eigenvalue weighted by atomic mass is 10.2. The number of benzene rings is 2. The van der Waals surface area contributed by atoms with Crippen molar-refractivity contribution < 1.29 is 14.3 Å². The van der Waals surface area contributed by atoms with E-state index in [0.29, 0.717) is 24.1 Å². The molecule has 1 N–H and O–H groups in total. The first kappa shape index (κ1) is 22.1. The van der Waals surface area contributed by atoms with E-state index in [1.165, 1.54) is 15.7 Å². The summed E-state index contributed by atoms with van der Waals surface area (Å²) in [4.78, 5) is 17.2. The second-order valence-electron chi connectivity index (χ2n) is 9.27. The quantitative estimate of drug-likeness (QED) is 0.403. The number of fused-ring (bicyclic) bond motifs is 2. The van der Waals surface area contributed by atoms with Crippen LogP contribution in [0.25, 0.3) is 16.2 Å². The van der Waals surface area contributed by atoms with Crippen LogP contribution in [0.2, 0.25) is 0 Å². The van der Waals surface area contributed by atoms with E-state index in [-0.39, 0.29) is 12.7 Å². The van der Waals surface area contributed by atoms with Crippen LogP contribution in [0.1, 0.15) is 5.56 Å². The van der Waals surface area contributed by atoms with Crippen molar-refractivity contribution in [3.63, 3.8) is 0 Å². The van der Waals surface area contributed by atoms with Crippen LogP contribution in [0.4, 0.5) is 5.82 Å². The maximum Gasteiger partial charge on any atom is 0.244 e. The summed E-state index contributed by atoms with van der Waals surface area (Å²) >= 11 is 1.58. The van der Waals surface area contributed by atoms with Crippen molar-refractivity contribution in [2.24, 2.45) is 11.8 Å². The van der Waals surface area contributed by atoms with Crippen molar-refractivity contribution >= 4 is 39.4 Å². The fourth-order valence-corrected chi connectivity index (χ4v) is 5.74. The molecule has 1 saturated heterocycles. The zero-order valence-electron chi connectivity index (χ0n) is 19.5. The number of amides is 1. The van der Waals surface area contributed by atoms with Crippen LogP contribution in [0.3, 0.4) is 0 Å². The molecule has 8 heteroatoms. The van der Waals surface area contributed by atoms with Gasteiger partial charge in [0, 0.05) is 62.6 Å². The fraction of sp³-hybridized carbons (Fsp3) is 0.333. The first-order valence-electron chi connectivity index (χ1n) is 12.0. The summed E-state index contributed by atoms with van der Waals surface area (Å²) in [6.07, 6.45) is 3.36. The third-order valence-electron chi connectivity index (χ3n) is 7.13. The molecule has 180 valence electrons. The van der Waals surface area contributed by atoms with Gasteiger partial charge in [-0.1, -0.05) is 30.4 Å². The lowest BCUT2D eigenvalue weighted by Gasteiger charge is -2.35. The van der Waals surface area contributed by atoms with Crippen LogP contribution < -0.4 is 19.7 Å². The average Bonchev–Trinajstić information content (AvgIpc) is 3.26. The van der Waals surface area contributed by atoms with E-state index >= 15 is 0 Å². The maximum absolute atomic E-state index is 12.3. The first-order chi connectivity index (χ1) is 17.2. The number of ether oxygens (including phenoxy) is 2. The predicted octanol–water partition coefficient (Wildman–Crippen LogP) is 3.78. The van der Waals surface area contributed by atoms with Crippen LogP contribution >= 0.6 is 11.5 Å². The van der Waals surface area contributed by atoms with Gasteiger partial charge in [-0.05, 0) is 47.4 Å². The van der Waals surface area contributed by atoms with E-state index in [0.717, 1.165) is 49.9 Å². The summed E-state index contributed by atoms with van der Waals surface area (Å²) in [6, 6.07) is 14.1. The topological polar surface area (TPSA) is 66.9 Å². The van der Waals surface area contributed by atoms with Crippen molar-refractivity contribution in [3.8, 4) is 11.5 Å². The highest BCUT2D eigenvalue weighted by molar-refractivity contribution is 7.13. The molecule has 6 rings (SSSR count). The summed E-state index contributed by atoms with van der Waals surface area (Å²) in [6.45, 7) is 10.2. The van der Waals surface area contributed by atoms with Gasteiger partial charge in [0.2, 0.25) is 12.7 Å². The molecule has 1 amide bonds. The number of anilines is 1. The second kappa shape index (κ2) is 9.36. The molecule has 2 aliphatic heterocycles. The highest BCUT2D eigenvalue weighted by atomic mass is 32.1. The first-order valence-corrected chi connectivity index (χ1v) is 12.8. The Morgan fingerprint density at radius 3 is 2.83 bits per heavy atom. The van der Waals surface area contributed by atoms with Gasteiger partial charge in [0.05, 0.1) is 4.70 Å². The summed E-state index contributed by atoms with van der Waals surface area (Å²) in [5, 5.41) is 4.29. The number of hydrogen-bond acceptors (Lipinski definition) is 7. The smallest absolute Gasteiger partial charge is 0.244 e. The largest absolute Gasteiger partial charge is 0.454 e. The van der Waals surface area contributed by atoms with Gasteiger partial charge < -0.3 is 19.7 Å². The minimum atomic E-state index is -0.0924. The molecular formula is C27H28N4O3S. The van der Waals surface area contributed by atoms with Gasteiger partial charge in [-0.15, -0.1) is 0 Å². The van der Waals surface area contributed by atoms with Gasteiger partial charge in [-0.2, -0.15) is 4.37 Å². The average molecular weight is 489 g/mol. The Hall–Kier alpha value is -3.36. The number of nitrogens with one attached hydrogen (secondary N) is 1. The molecule has 0 unspecified atom stereocenters. The zero-order chi connectivity index (χ0) is 23.8.